The molecule has 1 atom stereocenters. The van der Waals surface area contributed by atoms with Crippen molar-refractivity contribution < 1.29 is 4.79 Å². The summed E-state index contributed by atoms with van der Waals surface area (Å²) in [5, 5.41) is 12.5. The maximum absolute atomic E-state index is 13.1. The highest BCUT2D eigenvalue weighted by molar-refractivity contribution is 8.00. The molecule has 6 nitrogen and oxygen atoms in total. The molecule has 0 N–H and O–H groups in total. The fourth-order valence-corrected chi connectivity index (χ4v) is 4.64. The molecule has 0 radical (unpaired) electrons. The van der Waals surface area contributed by atoms with E-state index < -0.39 is 0 Å². The van der Waals surface area contributed by atoms with Gasteiger partial charge >= 0.3 is 0 Å². The third-order valence-electron chi connectivity index (χ3n) is 5.51. The molecule has 30 heavy (non-hydrogen) atoms. The lowest BCUT2D eigenvalue weighted by Crippen LogP contribution is -2.40. The number of aromatic nitrogens is 4. The van der Waals surface area contributed by atoms with Crippen LogP contribution in [-0.4, -0.2) is 42.8 Å². The Morgan fingerprint density at radius 3 is 2.67 bits per heavy atom. The number of amides is 1. The van der Waals surface area contributed by atoms with Crippen molar-refractivity contribution in [1.29, 1.82) is 0 Å². The third kappa shape index (κ3) is 4.56. The van der Waals surface area contributed by atoms with Gasteiger partial charge in [0, 0.05) is 13.1 Å². The third-order valence-corrected chi connectivity index (χ3v) is 6.53. The highest BCUT2D eigenvalue weighted by Gasteiger charge is 2.26. The lowest BCUT2D eigenvalue weighted by molar-refractivity contribution is -0.131. The van der Waals surface area contributed by atoms with Crippen LogP contribution in [0.4, 0.5) is 0 Å². The Labute approximate surface area is 181 Å². The van der Waals surface area contributed by atoms with Crippen molar-refractivity contribution in [3.05, 3.63) is 65.2 Å². The van der Waals surface area contributed by atoms with Crippen LogP contribution in [0.1, 0.15) is 43.4 Å². The largest absolute Gasteiger partial charge is 0.337 e. The maximum atomic E-state index is 13.1. The Morgan fingerprint density at radius 1 is 1.13 bits per heavy atom. The standard InChI is InChI=1S/C23H27N5OS/c1-3-4-7-18-10-12-21(13-11-18)28-23(24-25-26-28)30-17(2)22(29)27-15-14-19-8-5-6-9-20(19)16-27/h5-6,8-13,17H,3-4,7,14-16H2,1-2H3. The van der Waals surface area contributed by atoms with E-state index in [1.165, 1.54) is 41.3 Å². The first-order valence-corrected chi connectivity index (χ1v) is 11.4. The van der Waals surface area contributed by atoms with Crippen molar-refractivity contribution in [3.63, 3.8) is 0 Å². The van der Waals surface area contributed by atoms with Crippen LogP contribution < -0.4 is 0 Å². The van der Waals surface area contributed by atoms with Gasteiger partial charge in [-0.3, -0.25) is 4.79 Å². The Morgan fingerprint density at radius 2 is 1.90 bits per heavy atom. The first-order valence-electron chi connectivity index (χ1n) is 10.6. The number of hydrogen-bond acceptors (Lipinski definition) is 5. The van der Waals surface area contributed by atoms with Crippen LogP contribution in [0.3, 0.4) is 0 Å². The molecule has 1 unspecified atom stereocenters. The van der Waals surface area contributed by atoms with E-state index >= 15 is 0 Å². The smallest absolute Gasteiger partial charge is 0.236 e. The first-order chi connectivity index (χ1) is 14.7. The van der Waals surface area contributed by atoms with E-state index in [9.17, 15) is 4.79 Å². The number of unbranched alkanes of at least 4 members (excludes halogenated alkanes) is 1. The number of nitrogens with zero attached hydrogens (tertiary/aromatic N) is 5. The van der Waals surface area contributed by atoms with Crippen LogP contribution in [0.5, 0.6) is 0 Å². The summed E-state index contributed by atoms with van der Waals surface area (Å²) in [5.74, 6) is 0.124. The Hall–Kier alpha value is -2.67. The van der Waals surface area contributed by atoms with Crippen molar-refractivity contribution in [2.75, 3.05) is 6.54 Å². The summed E-state index contributed by atoms with van der Waals surface area (Å²) in [5.41, 5.74) is 4.81. The molecule has 3 aromatic rings. The van der Waals surface area contributed by atoms with E-state index in [4.69, 9.17) is 0 Å². The molecule has 2 aromatic carbocycles. The number of tetrazole rings is 1. The van der Waals surface area contributed by atoms with Crippen LogP contribution in [0.25, 0.3) is 5.69 Å². The minimum atomic E-state index is -0.260. The molecule has 1 amide bonds. The van der Waals surface area contributed by atoms with Crippen LogP contribution in [0, 0.1) is 0 Å². The van der Waals surface area contributed by atoms with E-state index in [1.807, 2.05) is 30.0 Å². The predicted molar refractivity (Wildman–Crippen MR) is 119 cm³/mol. The summed E-state index contributed by atoms with van der Waals surface area (Å²) in [6, 6.07) is 16.7. The minimum absolute atomic E-state index is 0.124. The zero-order valence-electron chi connectivity index (χ0n) is 17.5. The fourth-order valence-electron chi connectivity index (χ4n) is 3.75. The Bertz CT molecular complexity index is 1000. The number of fused-ring (bicyclic) bond motifs is 1. The van der Waals surface area contributed by atoms with Crippen LogP contribution in [0.2, 0.25) is 0 Å². The van der Waals surface area contributed by atoms with E-state index in [-0.39, 0.29) is 11.2 Å². The van der Waals surface area contributed by atoms with Gasteiger partial charge in [-0.2, -0.15) is 4.68 Å². The van der Waals surface area contributed by atoms with Gasteiger partial charge in [-0.15, -0.1) is 5.10 Å². The van der Waals surface area contributed by atoms with Gasteiger partial charge in [0.05, 0.1) is 10.9 Å². The molecule has 2 heterocycles. The molecular weight excluding hydrogens is 394 g/mol. The SMILES string of the molecule is CCCCc1ccc(-n2nnnc2SC(C)C(=O)N2CCc3ccccc3C2)cc1. The molecule has 156 valence electrons. The summed E-state index contributed by atoms with van der Waals surface area (Å²) < 4.78 is 1.71. The van der Waals surface area contributed by atoms with E-state index in [0.717, 1.165) is 25.1 Å². The van der Waals surface area contributed by atoms with Crippen molar-refractivity contribution in [2.45, 2.75) is 56.5 Å². The Balaban J connectivity index is 1.43. The van der Waals surface area contributed by atoms with E-state index in [2.05, 4.69) is 52.8 Å². The number of thioether (sulfide) groups is 1. The van der Waals surface area contributed by atoms with Gasteiger partial charge in [-0.25, -0.2) is 0 Å². The molecule has 0 saturated carbocycles. The molecule has 4 rings (SSSR count). The van der Waals surface area contributed by atoms with Gasteiger partial charge in [0.15, 0.2) is 0 Å². The number of benzene rings is 2. The molecule has 1 aliphatic rings. The molecular formula is C23H27N5OS. The lowest BCUT2D eigenvalue weighted by Gasteiger charge is -2.30. The second-order valence-corrected chi connectivity index (χ2v) is 8.99. The van der Waals surface area contributed by atoms with Crippen LogP contribution in [0.15, 0.2) is 53.7 Å². The number of hydrogen-bond donors (Lipinski definition) is 0. The molecule has 0 saturated heterocycles. The zero-order chi connectivity index (χ0) is 20.9. The molecule has 0 fully saturated rings. The number of aryl methyl sites for hydroxylation is 1. The molecule has 0 spiro atoms. The summed E-state index contributed by atoms with van der Waals surface area (Å²) in [7, 11) is 0. The van der Waals surface area contributed by atoms with Gasteiger partial charge < -0.3 is 4.90 Å². The monoisotopic (exact) mass is 421 g/mol. The van der Waals surface area contributed by atoms with Gasteiger partial charge in [-0.1, -0.05) is 61.5 Å². The van der Waals surface area contributed by atoms with Crippen LogP contribution >= 0.6 is 11.8 Å². The fraction of sp³-hybridized carbons (Fsp3) is 0.391. The molecule has 1 aliphatic heterocycles. The zero-order valence-corrected chi connectivity index (χ0v) is 18.3. The van der Waals surface area contributed by atoms with Gasteiger partial charge in [0.25, 0.3) is 0 Å². The van der Waals surface area contributed by atoms with Crippen LogP contribution in [-0.2, 0) is 24.2 Å². The average molecular weight is 422 g/mol. The van der Waals surface area contributed by atoms with Crippen molar-refractivity contribution in [2.24, 2.45) is 0 Å². The summed E-state index contributed by atoms with van der Waals surface area (Å²) in [4.78, 5) is 15.0. The quantitative estimate of drug-likeness (QED) is 0.538. The predicted octanol–water partition coefficient (Wildman–Crippen LogP) is 4.07. The van der Waals surface area contributed by atoms with E-state index in [1.54, 1.807) is 4.68 Å². The maximum Gasteiger partial charge on any atom is 0.236 e. The van der Waals surface area contributed by atoms with Gasteiger partial charge in [0.1, 0.15) is 0 Å². The summed E-state index contributed by atoms with van der Waals surface area (Å²) >= 11 is 1.41. The summed E-state index contributed by atoms with van der Waals surface area (Å²) in [6.07, 6.45) is 4.36. The van der Waals surface area contributed by atoms with Crippen molar-refractivity contribution >= 4 is 17.7 Å². The summed E-state index contributed by atoms with van der Waals surface area (Å²) in [6.45, 7) is 5.55. The van der Waals surface area contributed by atoms with Gasteiger partial charge in [0.2, 0.25) is 11.1 Å². The number of carbonyl (C=O) groups is 1. The molecule has 0 aliphatic carbocycles. The minimum Gasteiger partial charge on any atom is -0.337 e. The van der Waals surface area contributed by atoms with Gasteiger partial charge in [-0.05, 0) is 65.4 Å². The molecule has 7 heteroatoms. The first kappa shape index (κ1) is 20.6. The lowest BCUT2D eigenvalue weighted by atomic mass is 10.00. The Kier molecular flexibility index (Phi) is 6.47. The second kappa shape index (κ2) is 9.43. The molecule has 0 bridgehead atoms. The van der Waals surface area contributed by atoms with Crippen molar-refractivity contribution in [1.82, 2.24) is 25.1 Å². The number of carbonyl (C=O) groups excluding carboxylic acids is 1. The second-order valence-electron chi connectivity index (χ2n) is 7.68. The number of rotatable bonds is 7. The molecule has 1 aromatic heterocycles. The highest BCUT2D eigenvalue weighted by Crippen LogP contribution is 2.26. The average Bonchev–Trinajstić information content (AvgIpc) is 3.25. The highest BCUT2D eigenvalue weighted by atomic mass is 32.2. The van der Waals surface area contributed by atoms with Crippen molar-refractivity contribution in [3.8, 4) is 5.69 Å². The van der Waals surface area contributed by atoms with E-state index in [0.29, 0.717) is 11.7 Å². The topological polar surface area (TPSA) is 63.9 Å². The normalized spacial score (nSPS) is 14.4.